The van der Waals surface area contributed by atoms with Crippen molar-refractivity contribution in [3.05, 3.63) is 22.7 Å². The number of nitrogens with one attached hydrogen (secondary N) is 1. The van der Waals surface area contributed by atoms with Gasteiger partial charge in [-0.05, 0) is 33.2 Å². The van der Waals surface area contributed by atoms with E-state index in [1.54, 1.807) is 0 Å². The lowest BCUT2D eigenvalue weighted by Crippen LogP contribution is -2.38. The molecule has 1 aromatic rings. The molecular formula is C13H21ClN2O4S. The summed E-state index contributed by atoms with van der Waals surface area (Å²) in [7, 11) is 1.29. The van der Waals surface area contributed by atoms with Gasteiger partial charge >= 0.3 is 0 Å². The van der Waals surface area contributed by atoms with E-state index >= 15 is 0 Å². The van der Waals surface area contributed by atoms with E-state index in [0.29, 0.717) is 5.56 Å². The van der Waals surface area contributed by atoms with E-state index in [-0.39, 0.29) is 34.9 Å². The van der Waals surface area contributed by atoms with Gasteiger partial charge in [-0.3, -0.25) is 0 Å². The summed E-state index contributed by atoms with van der Waals surface area (Å²) < 4.78 is 32.5. The predicted molar refractivity (Wildman–Crippen MR) is 82.3 cm³/mol. The Labute approximate surface area is 130 Å². The van der Waals surface area contributed by atoms with Crippen molar-refractivity contribution in [2.75, 3.05) is 27.7 Å². The first-order chi connectivity index (χ1) is 9.72. The van der Waals surface area contributed by atoms with Crippen LogP contribution in [0.25, 0.3) is 0 Å². The number of hydrogen-bond acceptors (Lipinski definition) is 5. The Hall–Kier alpha value is -0.860. The highest BCUT2D eigenvalue weighted by atomic mass is 35.5. The molecule has 0 aliphatic heterocycles. The average molecular weight is 337 g/mol. The average Bonchev–Trinajstić information content (AvgIpc) is 2.43. The van der Waals surface area contributed by atoms with E-state index < -0.39 is 10.0 Å². The van der Waals surface area contributed by atoms with E-state index in [9.17, 15) is 13.5 Å². The molecule has 0 spiro atoms. The highest BCUT2D eigenvalue weighted by Gasteiger charge is 2.23. The number of methoxy groups -OCH3 is 1. The Balaban J connectivity index is 3.16. The van der Waals surface area contributed by atoms with Crippen LogP contribution in [0, 0.1) is 0 Å². The lowest BCUT2D eigenvalue weighted by atomic mass is 10.2. The first kappa shape index (κ1) is 18.2. The van der Waals surface area contributed by atoms with Crippen molar-refractivity contribution in [1.82, 2.24) is 9.62 Å². The minimum Gasteiger partial charge on any atom is -0.495 e. The maximum Gasteiger partial charge on any atom is 0.244 e. The Morgan fingerprint density at radius 2 is 2.05 bits per heavy atom. The van der Waals surface area contributed by atoms with Crippen LogP contribution in [0.5, 0.6) is 5.75 Å². The van der Waals surface area contributed by atoms with Crippen LogP contribution in [0.15, 0.2) is 17.0 Å². The molecule has 0 saturated heterocycles. The highest BCUT2D eigenvalue weighted by molar-refractivity contribution is 7.89. The van der Waals surface area contributed by atoms with Crippen molar-refractivity contribution in [3.63, 3.8) is 0 Å². The van der Waals surface area contributed by atoms with E-state index in [1.807, 2.05) is 25.9 Å². The number of hydrogen-bond donors (Lipinski definition) is 2. The van der Waals surface area contributed by atoms with Crippen molar-refractivity contribution in [3.8, 4) is 5.75 Å². The number of aliphatic hydroxyl groups excluding tert-OH is 1. The molecule has 0 amide bonds. The molecule has 6 nitrogen and oxygen atoms in total. The third-order valence-electron chi connectivity index (χ3n) is 3.21. The van der Waals surface area contributed by atoms with E-state index in [1.165, 1.54) is 19.2 Å². The number of rotatable bonds is 7. The summed E-state index contributed by atoms with van der Waals surface area (Å²) in [6.07, 6.45) is 0. The van der Waals surface area contributed by atoms with E-state index in [0.717, 1.165) is 0 Å². The van der Waals surface area contributed by atoms with Crippen LogP contribution >= 0.6 is 11.6 Å². The molecule has 0 radical (unpaired) electrons. The molecule has 1 aromatic carbocycles. The zero-order valence-electron chi connectivity index (χ0n) is 12.6. The second-order valence-corrected chi connectivity index (χ2v) is 7.09. The van der Waals surface area contributed by atoms with Gasteiger partial charge in [-0.2, -0.15) is 0 Å². The largest absolute Gasteiger partial charge is 0.495 e. The maximum absolute atomic E-state index is 12.4. The molecule has 1 unspecified atom stereocenters. The minimum absolute atomic E-state index is 0.0299. The molecule has 8 heteroatoms. The van der Waals surface area contributed by atoms with Crippen molar-refractivity contribution in [2.45, 2.75) is 24.5 Å². The van der Waals surface area contributed by atoms with Crippen molar-refractivity contribution in [2.24, 2.45) is 0 Å². The van der Waals surface area contributed by atoms with Gasteiger partial charge < -0.3 is 14.7 Å². The molecule has 0 aliphatic rings. The number of ether oxygens (including phenoxy) is 1. The molecule has 0 saturated carbocycles. The number of sulfonamides is 1. The summed E-state index contributed by atoms with van der Waals surface area (Å²) >= 11 is 5.91. The number of halogens is 1. The highest BCUT2D eigenvalue weighted by Crippen LogP contribution is 2.31. The van der Waals surface area contributed by atoms with Gasteiger partial charge in [0.05, 0.1) is 13.7 Å². The number of likely N-dealkylation sites (N-methyl/N-ethyl adjacent to an activating group) is 1. The van der Waals surface area contributed by atoms with Crippen LogP contribution < -0.4 is 9.46 Å². The number of aliphatic hydroxyl groups is 1. The van der Waals surface area contributed by atoms with Crippen molar-refractivity contribution < 1.29 is 18.3 Å². The smallest absolute Gasteiger partial charge is 0.244 e. The lowest BCUT2D eigenvalue weighted by Gasteiger charge is -2.21. The number of benzene rings is 1. The monoisotopic (exact) mass is 336 g/mol. The summed E-state index contributed by atoms with van der Waals surface area (Å²) in [4.78, 5) is 1.82. The second-order valence-electron chi connectivity index (χ2n) is 4.92. The van der Waals surface area contributed by atoms with E-state index in [2.05, 4.69) is 4.72 Å². The second kappa shape index (κ2) is 7.42. The lowest BCUT2D eigenvalue weighted by molar-refractivity contribution is 0.272. The van der Waals surface area contributed by atoms with Gasteiger partial charge in [-0.1, -0.05) is 11.6 Å². The molecule has 1 rings (SSSR count). The molecule has 1 atom stereocenters. The zero-order chi connectivity index (χ0) is 16.2. The van der Waals surface area contributed by atoms with Gasteiger partial charge in [0.25, 0.3) is 0 Å². The predicted octanol–water partition coefficient (Wildman–Crippen LogP) is 1.07. The summed E-state index contributed by atoms with van der Waals surface area (Å²) in [5.74, 6) is 0.104. The van der Waals surface area contributed by atoms with Crippen molar-refractivity contribution >= 4 is 21.6 Å². The van der Waals surface area contributed by atoms with Gasteiger partial charge in [0.15, 0.2) is 0 Å². The Bertz CT molecular complexity index is 590. The molecule has 0 bridgehead atoms. The van der Waals surface area contributed by atoms with Gasteiger partial charge in [0.1, 0.15) is 10.6 Å². The normalized spacial score (nSPS) is 13.5. The Kier molecular flexibility index (Phi) is 6.42. The summed E-state index contributed by atoms with van der Waals surface area (Å²) in [5, 5.41) is 9.52. The molecular weight excluding hydrogens is 316 g/mol. The topological polar surface area (TPSA) is 78.9 Å². The summed E-state index contributed by atoms with van der Waals surface area (Å²) in [5.41, 5.74) is 0.325. The minimum atomic E-state index is -3.78. The molecule has 0 heterocycles. The van der Waals surface area contributed by atoms with Gasteiger partial charge in [0, 0.05) is 23.2 Å². The quantitative estimate of drug-likeness (QED) is 0.778. The van der Waals surface area contributed by atoms with Crippen LogP contribution in [-0.2, 0) is 16.6 Å². The molecule has 0 aromatic heterocycles. The third-order valence-corrected chi connectivity index (χ3v) is 4.86. The standard InChI is InChI=1S/C13H21ClN2O4S/c1-9(16(2)3)7-15-21(18,19)12-6-11(14)5-10(8-17)13(12)20-4/h5-6,9,15,17H,7-8H2,1-4H3. The fourth-order valence-corrected chi connectivity index (χ4v) is 3.32. The van der Waals surface area contributed by atoms with Gasteiger partial charge in [0.2, 0.25) is 10.0 Å². The van der Waals surface area contributed by atoms with Gasteiger partial charge in [-0.15, -0.1) is 0 Å². The maximum atomic E-state index is 12.4. The van der Waals surface area contributed by atoms with Crippen LogP contribution in [0.2, 0.25) is 5.02 Å². The molecule has 0 aliphatic carbocycles. The molecule has 0 fully saturated rings. The third kappa shape index (κ3) is 4.55. The Morgan fingerprint density at radius 3 is 2.52 bits per heavy atom. The van der Waals surface area contributed by atoms with Crippen LogP contribution in [0.3, 0.4) is 0 Å². The Morgan fingerprint density at radius 1 is 1.43 bits per heavy atom. The van der Waals surface area contributed by atoms with Crippen molar-refractivity contribution in [1.29, 1.82) is 0 Å². The van der Waals surface area contributed by atoms with Crippen LogP contribution in [0.4, 0.5) is 0 Å². The SMILES string of the molecule is COc1c(CO)cc(Cl)cc1S(=O)(=O)NCC(C)N(C)C. The zero-order valence-corrected chi connectivity index (χ0v) is 14.1. The van der Waals surface area contributed by atoms with Crippen LogP contribution in [0.1, 0.15) is 12.5 Å². The van der Waals surface area contributed by atoms with E-state index in [4.69, 9.17) is 16.3 Å². The number of nitrogens with zero attached hydrogens (tertiary/aromatic N) is 1. The fourth-order valence-electron chi connectivity index (χ4n) is 1.66. The molecule has 120 valence electrons. The van der Waals surface area contributed by atoms with Crippen LogP contribution in [-0.4, -0.2) is 52.2 Å². The molecule has 2 N–H and O–H groups in total. The summed E-state index contributed by atoms with van der Waals surface area (Å²) in [6.45, 7) is 1.79. The fraction of sp³-hybridized carbons (Fsp3) is 0.538. The molecule has 21 heavy (non-hydrogen) atoms. The summed E-state index contributed by atoms with van der Waals surface area (Å²) in [6, 6.07) is 2.81. The van der Waals surface area contributed by atoms with Gasteiger partial charge in [-0.25, -0.2) is 13.1 Å². The first-order valence-electron chi connectivity index (χ1n) is 6.36. The first-order valence-corrected chi connectivity index (χ1v) is 8.22.